The van der Waals surface area contributed by atoms with Crippen LogP contribution in [0.3, 0.4) is 0 Å². The van der Waals surface area contributed by atoms with Crippen LogP contribution < -0.4 is 4.74 Å². The predicted octanol–water partition coefficient (Wildman–Crippen LogP) is 3.07. The van der Waals surface area contributed by atoms with Crippen LogP contribution in [0.5, 0.6) is 5.75 Å². The van der Waals surface area contributed by atoms with Crippen molar-refractivity contribution < 1.29 is 14.6 Å². The average molecular weight is 250 g/mol. The summed E-state index contributed by atoms with van der Waals surface area (Å²) >= 11 is 0. The lowest BCUT2D eigenvalue weighted by Crippen LogP contribution is -2.29. The molecular weight excluding hydrogens is 228 g/mol. The maximum atomic E-state index is 12.2. The zero-order chi connectivity index (χ0) is 13.5. The predicted molar refractivity (Wildman–Crippen MR) is 72.0 cm³/mol. The van der Waals surface area contributed by atoms with Crippen LogP contribution in [0.1, 0.15) is 44.0 Å². The number of carbonyl (C=O) groups is 1. The molecule has 0 bridgehead atoms. The van der Waals surface area contributed by atoms with Gasteiger partial charge in [0.2, 0.25) is 0 Å². The third kappa shape index (κ3) is 3.57. The molecule has 1 aromatic carbocycles. The number of ketones is 1. The number of hydrogen-bond donors (Lipinski definition) is 1. The van der Waals surface area contributed by atoms with E-state index in [4.69, 9.17) is 4.74 Å². The maximum absolute atomic E-state index is 12.2. The van der Waals surface area contributed by atoms with E-state index >= 15 is 0 Å². The lowest BCUT2D eigenvalue weighted by atomic mass is 9.91. The fourth-order valence-electron chi connectivity index (χ4n) is 2.03. The number of Topliss-reactive ketones (excluding diaryl/α,β-unsaturated/α-hetero) is 1. The van der Waals surface area contributed by atoms with E-state index in [9.17, 15) is 9.90 Å². The second-order valence-electron chi connectivity index (χ2n) is 4.35. The van der Waals surface area contributed by atoms with Crippen molar-refractivity contribution in [2.24, 2.45) is 5.92 Å². The number of aliphatic hydroxyl groups excluding tert-OH is 1. The van der Waals surface area contributed by atoms with Crippen LogP contribution in [0.4, 0.5) is 0 Å². The lowest BCUT2D eigenvalue weighted by Gasteiger charge is -2.19. The lowest BCUT2D eigenvalue weighted by molar-refractivity contribution is 0.0587. The fourth-order valence-corrected chi connectivity index (χ4v) is 2.03. The van der Waals surface area contributed by atoms with Gasteiger partial charge in [-0.3, -0.25) is 4.79 Å². The summed E-state index contributed by atoms with van der Waals surface area (Å²) in [6, 6.07) is 7.00. The topological polar surface area (TPSA) is 46.5 Å². The molecule has 0 spiro atoms. The smallest absolute Gasteiger partial charge is 0.191 e. The molecule has 0 aliphatic carbocycles. The van der Waals surface area contributed by atoms with Crippen LogP contribution in [0, 0.1) is 5.92 Å². The Hall–Kier alpha value is -1.35. The Balaban J connectivity index is 2.85. The van der Waals surface area contributed by atoms with Crippen LogP contribution in [0.15, 0.2) is 24.3 Å². The summed E-state index contributed by atoms with van der Waals surface area (Å²) in [5.74, 6) is 0.471. The highest BCUT2D eigenvalue weighted by molar-refractivity contribution is 5.99. The van der Waals surface area contributed by atoms with Gasteiger partial charge in [0.1, 0.15) is 11.9 Å². The zero-order valence-electron chi connectivity index (χ0n) is 11.3. The van der Waals surface area contributed by atoms with Crippen LogP contribution >= 0.6 is 0 Å². The van der Waals surface area contributed by atoms with E-state index in [2.05, 4.69) is 0 Å². The minimum absolute atomic E-state index is 0.0215. The van der Waals surface area contributed by atoms with E-state index in [-0.39, 0.29) is 11.7 Å². The van der Waals surface area contributed by atoms with E-state index in [1.54, 1.807) is 18.2 Å². The van der Waals surface area contributed by atoms with Crippen molar-refractivity contribution in [1.82, 2.24) is 0 Å². The van der Waals surface area contributed by atoms with Crippen molar-refractivity contribution in [1.29, 1.82) is 0 Å². The molecule has 0 saturated heterocycles. The van der Waals surface area contributed by atoms with Crippen LogP contribution in [0.2, 0.25) is 0 Å². The summed E-state index contributed by atoms with van der Waals surface area (Å²) in [6.45, 7) is 6.43. The Morgan fingerprint density at radius 1 is 1.28 bits per heavy atom. The summed E-state index contributed by atoms with van der Waals surface area (Å²) in [5, 5.41) is 10.1. The summed E-state index contributed by atoms with van der Waals surface area (Å²) in [5.41, 5.74) is 0.514. The normalized spacial score (nSPS) is 12.5. The minimum Gasteiger partial charge on any atom is -0.494 e. The van der Waals surface area contributed by atoms with Gasteiger partial charge in [-0.15, -0.1) is 0 Å². The van der Waals surface area contributed by atoms with Gasteiger partial charge in [0.15, 0.2) is 5.78 Å². The standard InChI is InChI=1S/C15H22O3/c1-4-11(5-2)14(16)15(17)12-8-7-9-13(10-12)18-6-3/h7-11,14,16H,4-6H2,1-3H3. The van der Waals surface area contributed by atoms with E-state index in [1.165, 1.54) is 0 Å². The summed E-state index contributed by atoms with van der Waals surface area (Å²) in [4.78, 5) is 12.2. The molecule has 1 unspecified atom stereocenters. The molecule has 0 saturated carbocycles. The molecule has 18 heavy (non-hydrogen) atoms. The van der Waals surface area contributed by atoms with Gasteiger partial charge in [-0.25, -0.2) is 0 Å². The summed E-state index contributed by atoms with van der Waals surface area (Å²) in [7, 11) is 0. The molecule has 3 nitrogen and oxygen atoms in total. The fraction of sp³-hybridized carbons (Fsp3) is 0.533. The molecule has 0 amide bonds. The second kappa shape index (κ2) is 7.17. The molecule has 0 aliphatic heterocycles. The van der Waals surface area contributed by atoms with Gasteiger partial charge in [-0.2, -0.15) is 0 Å². The molecule has 0 heterocycles. The molecule has 1 atom stereocenters. The van der Waals surface area contributed by atoms with Gasteiger partial charge >= 0.3 is 0 Å². The first-order valence-electron chi connectivity index (χ1n) is 6.59. The highest BCUT2D eigenvalue weighted by Gasteiger charge is 2.24. The third-order valence-corrected chi connectivity index (χ3v) is 3.19. The quantitative estimate of drug-likeness (QED) is 0.756. The Kier molecular flexibility index (Phi) is 5.86. The van der Waals surface area contributed by atoms with E-state index in [0.29, 0.717) is 17.9 Å². The molecule has 1 aromatic rings. The number of benzene rings is 1. The first kappa shape index (κ1) is 14.7. The third-order valence-electron chi connectivity index (χ3n) is 3.19. The largest absolute Gasteiger partial charge is 0.494 e. The first-order chi connectivity index (χ1) is 8.63. The van der Waals surface area contributed by atoms with Gasteiger partial charge in [0.25, 0.3) is 0 Å². The zero-order valence-corrected chi connectivity index (χ0v) is 11.3. The van der Waals surface area contributed by atoms with Crippen LogP contribution in [-0.4, -0.2) is 23.6 Å². The van der Waals surface area contributed by atoms with Crippen LogP contribution in [-0.2, 0) is 0 Å². The Morgan fingerprint density at radius 2 is 1.94 bits per heavy atom. The maximum Gasteiger partial charge on any atom is 0.191 e. The van der Waals surface area contributed by atoms with Gasteiger partial charge in [0.05, 0.1) is 6.61 Å². The number of carbonyl (C=O) groups excluding carboxylic acids is 1. The van der Waals surface area contributed by atoms with E-state index in [0.717, 1.165) is 12.8 Å². The van der Waals surface area contributed by atoms with Crippen LogP contribution in [0.25, 0.3) is 0 Å². The number of aliphatic hydroxyl groups is 1. The van der Waals surface area contributed by atoms with Crippen molar-refractivity contribution in [2.45, 2.75) is 39.7 Å². The molecular formula is C15H22O3. The average Bonchev–Trinajstić information content (AvgIpc) is 2.40. The van der Waals surface area contributed by atoms with Crippen molar-refractivity contribution in [3.63, 3.8) is 0 Å². The summed E-state index contributed by atoms with van der Waals surface area (Å²) < 4.78 is 5.36. The Bertz CT molecular complexity index is 383. The molecule has 1 rings (SSSR count). The van der Waals surface area contributed by atoms with E-state index < -0.39 is 6.10 Å². The summed E-state index contributed by atoms with van der Waals surface area (Å²) in [6.07, 6.45) is 0.681. The molecule has 100 valence electrons. The highest BCUT2D eigenvalue weighted by atomic mass is 16.5. The number of rotatable bonds is 7. The van der Waals surface area contributed by atoms with Gasteiger partial charge in [-0.05, 0) is 25.0 Å². The molecule has 0 radical (unpaired) electrons. The number of hydrogen-bond acceptors (Lipinski definition) is 3. The second-order valence-corrected chi connectivity index (χ2v) is 4.35. The van der Waals surface area contributed by atoms with Crippen molar-refractivity contribution in [3.8, 4) is 5.75 Å². The van der Waals surface area contributed by atoms with Gasteiger partial charge in [-0.1, -0.05) is 38.8 Å². The van der Waals surface area contributed by atoms with Gasteiger partial charge < -0.3 is 9.84 Å². The van der Waals surface area contributed by atoms with Crippen molar-refractivity contribution >= 4 is 5.78 Å². The Morgan fingerprint density at radius 3 is 2.50 bits per heavy atom. The van der Waals surface area contributed by atoms with Crippen molar-refractivity contribution in [2.75, 3.05) is 6.61 Å². The Labute approximate surface area is 109 Å². The number of ether oxygens (including phenoxy) is 1. The SMILES string of the molecule is CCOc1cccc(C(=O)C(O)C(CC)CC)c1. The molecule has 3 heteroatoms. The molecule has 0 fully saturated rings. The first-order valence-corrected chi connectivity index (χ1v) is 6.59. The van der Waals surface area contributed by atoms with Gasteiger partial charge in [0, 0.05) is 5.56 Å². The monoisotopic (exact) mass is 250 g/mol. The highest BCUT2D eigenvalue weighted by Crippen LogP contribution is 2.20. The molecule has 0 aromatic heterocycles. The van der Waals surface area contributed by atoms with Crippen molar-refractivity contribution in [3.05, 3.63) is 29.8 Å². The van der Waals surface area contributed by atoms with E-state index in [1.807, 2.05) is 26.8 Å². The molecule has 1 N–H and O–H groups in total. The minimum atomic E-state index is -0.920. The molecule has 0 aliphatic rings.